The molecule has 5 N–H and O–H groups in total. The Balaban J connectivity index is 0.837. The van der Waals surface area contributed by atoms with Crippen LogP contribution in [0.5, 0.6) is 0 Å². The van der Waals surface area contributed by atoms with Crippen LogP contribution in [0, 0.1) is 22.7 Å². The minimum Gasteiger partial charge on any atom is -0.392 e. The molecule has 0 bridgehead atoms. The van der Waals surface area contributed by atoms with Crippen LogP contribution in [0.25, 0.3) is 0 Å². The van der Waals surface area contributed by atoms with Gasteiger partial charge in [-0.15, -0.1) is 0 Å². The molecule has 4 saturated heterocycles. The second-order valence-corrected chi connectivity index (χ2v) is 21.1. The summed E-state index contributed by atoms with van der Waals surface area (Å²) in [6.45, 7) is 12.9. The van der Waals surface area contributed by atoms with E-state index in [2.05, 4.69) is 13.0 Å². The maximum Gasteiger partial charge on any atom is 0.161 e. The van der Waals surface area contributed by atoms with Crippen LogP contribution in [0.1, 0.15) is 119 Å². The third kappa shape index (κ3) is 8.75. The van der Waals surface area contributed by atoms with E-state index in [4.69, 9.17) is 52.1 Å². The highest BCUT2D eigenvalue weighted by Crippen LogP contribution is 2.69. The Labute approximate surface area is 384 Å². The molecule has 17 nitrogen and oxygen atoms in total. The van der Waals surface area contributed by atoms with Crippen LogP contribution in [0.15, 0.2) is 11.6 Å². The Bertz CT molecular complexity index is 1690. The molecule has 8 aliphatic rings. The van der Waals surface area contributed by atoms with Crippen molar-refractivity contribution in [3.8, 4) is 0 Å². The van der Waals surface area contributed by atoms with Crippen molar-refractivity contribution in [1.29, 1.82) is 0 Å². The molecule has 4 aliphatic heterocycles. The van der Waals surface area contributed by atoms with E-state index in [-0.39, 0.29) is 43.2 Å². The molecule has 0 aromatic heterocycles. The summed E-state index contributed by atoms with van der Waals surface area (Å²) >= 11 is 0. The fourth-order valence-corrected chi connectivity index (χ4v) is 13.8. The van der Waals surface area contributed by atoms with E-state index >= 15 is 0 Å². The normalized spacial score (nSPS) is 53.7. The lowest BCUT2D eigenvalue weighted by Gasteiger charge is -2.66. The highest BCUT2D eigenvalue weighted by molar-refractivity contribution is 5.80. The van der Waals surface area contributed by atoms with Gasteiger partial charge in [0.15, 0.2) is 25.2 Å². The van der Waals surface area contributed by atoms with Gasteiger partial charge >= 0.3 is 0 Å². The number of carbonyl (C=O) groups excluding carboxylic acids is 1. The topological polar surface area (TPSA) is 220 Å². The predicted octanol–water partition coefficient (Wildman–Crippen LogP) is 3.20. The van der Waals surface area contributed by atoms with Gasteiger partial charge in [0.25, 0.3) is 0 Å². The van der Waals surface area contributed by atoms with Crippen molar-refractivity contribution in [2.24, 2.45) is 22.7 Å². The summed E-state index contributed by atoms with van der Waals surface area (Å²) in [6, 6.07) is 0. The summed E-state index contributed by atoms with van der Waals surface area (Å²) < 4.78 is 68.3. The van der Waals surface area contributed by atoms with E-state index in [1.807, 2.05) is 20.8 Å². The number of ether oxygens (including phenoxy) is 11. The van der Waals surface area contributed by atoms with Gasteiger partial charge in [-0.25, -0.2) is 0 Å². The molecule has 7 fully saturated rings. The summed E-state index contributed by atoms with van der Waals surface area (Å²) in [4.78, 5) is 12.7. The number of rotatable bonds is 12. The molecule has 65 heavy (non-hydrogen) atoms. The lowest BCUT2D eigenvalue weighted by atomic mass is 9.43. The van der Waals surface area contributed by atoms with Crippen LogP contribution in [0.3, 0.4) is 0 Å². The first-order chi connectivity index (χ1) is 30.7. The summed E-state index contributed by atoms with van der Waals surface area (Å²) in [5.74, 6) is -0.933. The van der Waals surface area contributed by atoms with E-state index in [1.165, 1.54) is 14.0 Å². The van der Waals surface area contributed by atoms with Gasteiger partial charge < -0.3 is 77.6 Å². The van der Waals surface area contributed by atoms with E-state index in [0.717, 1.165) is 5.57 Å². The van der Waals surface area contributed by atoms with Crippen molar-refractivity contribution in [2.45, 2.75) is 241 Å². The largest absolute Gasteiger partial charge is 0.392 e. The molecule has 4 heterocycles. The zero-order chi connectivity index (χ0) is 47.0. The monoisotopic (exact) mass is 927 g/mol. The SMILES string of the molecule is COC1CC(OC2C(O)CC(OC3C(C)OC(OC4C(C)OC(OC5CCC6(C)C(=CCC7(O)C6CC(O)C6(C)C(C(C)=O)CCC76O)C5)CC4OC)CC3OC)OC2C)OC(C)C1O. The van der Waals surface area contributed by atoms with E-state index < -0.39 is 126 Å². The molecule has 372 valence electrons. The molecule has 0 aromatic rings. The predicted molar refractivity (Wildman–Crippen MR) is 230 cm³/mol. The first kappa shape index (κ1) is 50.2. The number of hydrogen-bond acceptors (Lipinski definition) is 17. The lowest BCUT2D eigenvalue weighted by molar-refractivity contribution is -0.346. The van der Waals surface area contributed by atoms with E-state index in [0.29, 0.717) is 51.4 Å². The maximum absolute atomic E-state index is 12.7. The van der Waals surface area contributed by atoms with Crippen molar-refractivity contribution in [3.63, 3.8) is 0 Å². The second-order valence-electron chi connectivity index (χ2n) is 21.1. The molecule has 17 heteroatoms. The molecule has 0 amide bonds. The second kappa shape index (κ2) is 19.2. The minimum atomic E-state index is -1.58. The Morgan fingerprint density at radius 1 is 0.662 bits per heavy atom. The molecule has 24 atom stereocenters. The smallest absolute Gasteiger partial charge is 0.161 e. The molecule has 0 spiro atoms. The van der Waals surface area contributed by atoms with Gasteiger partial charge in [-0.1, -0.05) is 25.5 Å². The standard InChI is InChI=1S/C48H78O17/c1-23(49)30-13-16-48(54)46(30,7)36(51)22-35-45(6)14-12-29(17-28(45)11-15-47(35,48)53)62-38-20-33(56-9)44(26(4)60-38)65-40-21-34(57-10)43(27(5)61-40)64-37-18-31(50)42(25(3)59-37)63-39-19-32(55-8)41(52)24(2)58-39/h11,24-27,29-44,50-54H,12-22H2,1-10H3. The van der Waals surface area contributed by atoms with Crippen LogP contribution in [-0.2, 0) is 56.9 Å². The molecular weight excluding hydrogens is 849 g/mol. The van der Waals surface area contributed by atoms with Crippen LogP contribution in [-0.4, -0.2) is 174 Å². The Morgan fingerprint density at radius 3 is 1.72 bits per heavy atom. The molecule has 4 aliphatic carbocycles. The Morgan fingerprint density at radius 2 is 1.17 bits per heavy atom. The fourth-order valence-electron chi connectivity index (χ4n) is 13.8. The van der Waals surface area contributed by atoms with Gasteiger partial charge in [0.2, 0.25) is 0 Å². The summed E-state index contributed by atoms with van der Waals surface area (Å²) in [5.41, 5.74) is -3.46. The first-order valence-corrected chi connectivity index (χ1v) is 24.2. The third-order valence-corrected chi connectivity index (χ3v) is 17.7. The van der Waals surface area contributed by atoms with E-state index in [9.17, 15) is 30.3 Å². The number of Topliss-reactive ketones (excluding diaryl/α,β-unsaturated/α-hetero) is 1. The Hall–Kier alpha value is -1.23. The number of methoxy groups -OCH3 is 3. The van der Waals surface area contributed by atoms with Crippen molar-refractivity contribution in [1.82, 2.24) is 0 Å². The first-order valence-electron chi connectivity index (χ1n) is 24.2. The average Bonchev–Trinajstić information content (AvgIpc) is 3.56. The van der Waals surface area contributed by atoms with Crippen LogP contribution in [0.4, 0.5) is 0 Å². The summed E-state index contributed by atoms with van der Waals surface area (Å²) in [7, 11) is 4.81. The van der Waals surface area contributed by atoms with E-state index in [1.54, 1.807) is 28.1 Å². The van der Waals surface area contributed by atoms with Crippen molar-refractivity contribution in [2.75, 3.05) is 21.3 Å². The molecule has 0 aromatic carbocycles. The number of aliphatic hydroxyl groups excluding tert-OH is 3. The number of carbonyl (C=O) groups is 1. The van der Waals surface area contributed by atoms with Gasteiger partial charge in [0, 0.05) is 64.3 Å². The van der Waals surface area contributed by atoms with Gasteiger partial charge in [0.05, 0.1) is 61.0 Å². The fraction of sp³-hybridized carbons (Fsp3) is 0.938. The van der Waals surface area contributed by atoms with Crippen molar-refractivity contribution in [3.05, 3.63) is 11.6 Å². The minimum absolute atomic E-state index is 0.0549. The van der Waals surface area contributed by atoms with Crippen LogP contribution < -0.4 is 0 Å². The maximum atomic E-state index is 12.7. The quantitative estimate of drug-likeness (QED) is 0.178. The zero-order valence-electron chi connectivity index (χ0n) is 40.0. The van der Waals surface area contributed by atoms with Gasteiger partial charge in [-0.05, 0) is 85.0 Å². The number of hydrogen-bond donors (Lipinski definition) is 5. The zero-order valence-corrected chi connectivity index (χ0v) is 40.0. The average molecular weight is 927 g/mol. The summed E-state index contributed by atoms with van der Waals surface area (Å²) in [6.07, 6.45) is -3.46. The highest BCUT2D eigenvalue weighted by atomic mass is 16.8. The van der Waals surface area contributed by atoms with Gasteiger partial charge in [-0.2, -0.15) is 0 Å². The Kier molecular flexibility index (Phi) is 14.8. The molecule has 24 unspecified atom stereocenters. The number of aliphatic hydroxyl groups is 5. The highest BCUT2D eigenvalue weighted by Gasteiger charge is 2.76. The van der Waals surface area contributed by atoms with Crippen LogP contribution >= 0.6 is 0 Å². The van der Waals surface area contributed by atoms with Crippen molar-refractivity contribution < 1.29 is 82.4 Å². The van der Waals surface area contributed by atoms with Crippen LogP contribution in [0.2, 0.25) is 0 Å². The third-order valence-electron chi connectivity index (χ3n) is 17.7. The number of fused-ring (bicyclic) bond motifs is 5. The summed E-state index contributed by atoms with van der Waals surface area (Å²) in [5, 5.41) is 58.2. The van der Waals surface area contributed by atoms with Gasteiger partial charge in [0.1, 0.15) is 41.4 Å². The number of ketones is 1. The lowest BCUT2D eigenvalue weighted by Crippen LogP contribution is -2.75. The molecule has 3 saturated carbocycles. The molecule has 0 radical (unpaired) electrons. The van der Waals surface area contributed by atoms with Gasteiger partial charge in [-0.3, -0.25) is 4.79 Å². The molecular formula is C48H78O17. The van der Waals surface area contributed by atoms with Crippen molar-refractivity contribution >= 4 is 5.78 Å². The molecule has 8 rings (SSSR count).